The third kappa shape index (κ3) is 6.43. The molecule has 0 spiro atoms. The van der Waals surface area contributed by atoms with Crippen LogP contribution < -0.4 is 16.0 Å². The van der Waals surface area contributed by atoms with Gasteiger partial charge in [0.15, 0.2) is 0 Å². The average molecular weight is 463 g/mol. The summed E-state index contributed by atoms with van der Waals surface area (Å²) < 4.78 is 0. The highest BCUT2D eigenvalue weighted by atomic mass is 16.2. The monoisotopic (exact) mass is 462 g/mol. The third-order valence-corrected chi connectivity index (χ3v) is 7.08. The number of hydrogen-bond donors (Lipinski definition) is 3. The molecule has 2 aromatic rings. The van der Waals surface area contributed by atoms with E-state index in [0.29, 0.717) is 32.2 Å². The number of nitrogens with one attached hydrogen (secondary N) is 3. The van der Waals surface area contributed by atoms with Crippen LogP contribution in [-0.2, 0) is 20.8 Å². The normalized spacial score (nSPS) is 20.2. The first-order valence-corrected chi connectivity index (χ1v) is 12.3. The van der Waals surface area contributed by atoms with Crippen molar-refractivity contribution in [3.63, 3.8) is 0 Å². The second-order valence-corrected chi connectivity index (χ2v) is 9.67. The average Bonchev–Trinajstić information content (AvgIpc) is 3.30. The fourth-order valence-corrected chi connectivity index (χ4v) is 5.18. The Bertz CT molecular complexity index is 974. The smallest absolute Gasteiger partial charge is 0.242 e. The third-order valence-electron chi connectivity index (χ3n) is 7.08. The second-order valence-electron chi connectivity index (χ2n) is 9.67. The van der Waals surface area contributed by atoms with Crippen LogP contribution in [0.5, 0.6) is 0 Å². The maximum atomic E-state index is 13.3. The molecule has 34 heavy (non-hydrogen) atoms. The largest absolute Gasteiger partial charge is 0.354 e. The summed E-state index contributed by atoms with van der Waals surface area (Å²) >= 11 is 0. The van der Waals surface area contributed by atoms with Crippen LogP contribution in [0.4, 0.5) is 0 Å². The molecule has 2 atom stereocenters. The molecule has 1 aromatic heterocycles. The Morgan fingerprint density at radius 2 is 1.82 bits per heavy atom. The summed E-state index contributed by atoms with van der Waals surface area (Å²) in [5.41, 5.74) is 1.71. The molecule has 1 aromatic carbocycles. The Labute approximate surface area is 201 Å². The van der Waals surface area contributed by atoms with Crippen LogP contribution in [0.3, 0.4) is 0 Å². The molecular weight excluding hydrogens is 428 g/mol. The van der Waals surface area contributed by atoms with E-state index < -0.39 is 6.04 Å². The van der Waals surface area contributed by atoms with E-state index in [1.807, 2.05) is 48.5 Å². The van der Waals surface area contributed by atoms with Crippen molar-refractivity contribution < 1.29 is 14.4 Å². The molecule has 2 fully saturated rings. The van der Waals surface area contributed by atoms with Crippen molar-refractivity contribution in [2.75, 3.05) is 6.54 Å². The Morgan fingerprint density at radius 1 is 1.06 bits per heavy atom. The quantitative estimate of drug-likeness (QED) is 0.533. The Hall–Kier alpha value is -3.22. The predicted molar refractivity (Wildman–Crippen MR) is 130 cm³/mol. The molecule has 3 amide bonds. The first-order chi connectivity index (χ1) is 16.5. The van der Waals surface area contributed by atoms with E-state index in [4.69, 9.17) is 0 Å². The van der Waals surface area contributed by atoms with Gasteiger partial charge in [-0.2, -0.15) is 0 Å². The summed E-state index contributed by atoms with van der Waals surface area (Å²) in [5, 5.41) is 9.02. The molecule has 180 valence electrons. The molecule has 0 bridgehead atoms. The van der Waals surface area contributed by atoms with Crippen LogP contribution in [0.25, 0.3) is 0 Å². The lowest BCUT2D eigenvalue weighted by Crippen LogP contribution is -2.48. The Kier molecular flexibility index (Phi) is 7.93. The fourth-order valence-electron chi connectivity index (χ4n) is 5.18. The lowest BCUT2D eigenvalue weighted by atomic mass is 9.71. The van der Waals surface area contributed by atoms with Crippen molar-refractivity contribution in [2.24, 2.45) is 5.41 Å². The highest BCUT2D eigenvalue weighted by molar-refractivity contribution is 5.90. The van der Waals surface area contributed by atoms with Gasteiger partial charge >= 0.3 is 0 Å². The molecule has 1 saturated heterocycles. The van der Waals surface area contributed by atoms with Gasteiger partial charge in [0.2, 0.25) is 17.7 Å². The fraction of sp³-hybridized carbons (Fsp3) is 0.481. The summed E-state index contributed by atoms with van der Waals surface area (Å²) in [6, 6.07) is 15.2. The first-order valence-electron chi connectivity index (χ1n) is 12.3. The minimum Gasteiger partial charge on any atom is -0.354 e. The molecule has 4 rings (SSSR count). The minimum absolute atomic E-state index is 0.00453. The highest BCUT2D eigenvalue weighted by Gasteiger charge is 2.36. The molecule has 1 aliphatic carbocycles. The first kappa shape index (κ1) is 23.9. The van der Waals surface area contributed by atoms with Crippen LogP contribution in [0.2, 0.25) is 0 Å². The van der Waals surface area contributed by atoms with E-state index in [2.05, 4.69) is 20.9 Å². The number of pyridine rings is 1. The van der Waals surface area contributed by atoms with E-state index in [1.54, 1.807) is 6.20 Å². The Morgan fingerprint density at radius 3 is 2.50 bits per heavy atom. The summed E-state index contributed by atoms with van der Waals surface area (Å²) in [5.74, 6) is -0.226. The number of aromatic nitrogens is 1. The lowest BCUT2D eigenvalue weighted by Gasteiger charge is -2.37. The number of rotatable bonds is 9. The van der Waals surface area contributed by atoms with Gasteiger partial charge in [0.25, 0.3) is 0 Å². The van der Waals surface area contributed by atoms with Crippen molar-refractivity contribution in [3.05, 3.63) is 66.0 Å². The summed E-state index contributed by atoms with van der Waals surface area (Å²) in [6.07, 6.45) is 8.76. The molecular formula is C27H34N4O3. The zero-order valence-corrected chi connectivity index (χ0v) is 19.6. The molecule has 7 heteroatoms. The molecule has 1 unspecified atom stereocenters. The van der Waals surface area contributed by atoms with E-state index >= 15 is 0 Å². The van der Waals surface area contributed by atoms with Crippen LogP contribution in [0.15, 0.2) is 54.7 Å². The zero-order valence-electron chi connectivity index (χ0n) is 19.6. The van der Waals surface area contributed by atoms with Gasteiger partial charge in [0, 0.05) is 37.7 Å². The van der Waals surface area contributed by atoms with Gasteiger partial charge < -0.3 is 16.0 Å². The summed E-state index contributed by atoms with van der Waals surface area (Å²) in [4.78, 5) is 41.8. The highest BCUT2D eigenvalue weighted by Crippen LogP contribution is 2.39. The predicted octanol–water partition coefficient (Wildman–Crippen LogP) is 3.22. The molecule has 2 heterocycles. The van der Waals surface area contributed by atoms with Gasteiger partial charge in [-0.3, -0.25) is 19.4 Å². The SMILES string of the molecule is O=C(CC1(CNC(=O)[C@H]2CCC(=O)N2)CCCCC1)NC(Cc1ccccn1)c1ccccc1. The van der Waals surface area contributed by atoms with Crippen LogP contribution in [0.1, 0.15) is 68.7 Å². The van der Waals surface area contributed by atoms with Gasteiger partial charge in [0.05, 0.1) is 6.04 Å². The molecule has 3 N–H and O–H groups in total. The van der Waals surface area contributed by atoms with Gasteiger partial charge in [-0.15, -0.1) is 0 Å². The van der Waals surface area contributed by atoms with E-state index in [0.717, 1.165) is 43.4 Å². The second kappa shape index (κ2) is 11.3. The van der Waals surface area contributed by atoms with Crippen molar-refractivity contribution in [3.8, 4) is 0 Å². The van der Waals surface area contributed by atoms with Crippen LogP contribution >= 0.6 is 0 Å². The number of amides is 3. The molecule has 2 aliphatic rings. The van der Waals surface area contributed by atoms with E-state index in [1.165, 1.54) is 0 Å². The number of nitrogens with zero attached hydrogens (tertiary/aromatic N) is 1. The molecule has 1 aliphatic heterocycles. The van der Waals surface area contributed by atoms with Crippen LogP contribution in [0, 0.1) is 5.41 Å². The Balaban J connectivity index is 1.42. The van der Waals surface area contributed by atoms with E-state index in [-0.39, 0.29) is 29.2 Å². The number of carbonyl (C=O) groups is 3. The summed E-state index contributed by atoms with van der Waals surface area (Å²) in [6.45, 7) is 0.460. The van der Waals surface area contributed by atoms with Crippen molar-refractivity contribution >= 4 is 17.7 Å². The standard InChI is InChI=1S/C27H34N4O3/c32-24-13-12-22(30-24)26(34)29-19-27(14-6-2-7-15-27)18-25(33)31-23(20-9-3-1-4-10-20)17-21-11-5-8-16-28-21/h1,3-5,8-11,16,22-23H,2,6-7,12-15,17-19H2,(H,29,34)(H,30,32)(H,31,33)/t22-,23?/m1/s1. The number of hydrogen-bond acceptors (Lipinski definition) is 4. The van der Waals surface area contributed by atoms with Crippen LogP contribution in [-0.4, -0.2) is 35.3 Å². The maximum absolute atomic E-state index is 13.3. The topological polar surface area (TPSA) is 100 Å². The molecule has 0 radical (unpaired) electrons. The molecule has 7 nitrogen and oxygen atoms in total. The van der Waals surface area contributed by atoms with E-state index in [9.17, 15) is 14.4 Å². The van der Waals surface area contributed by atoms with Gasteiger partial charge in [-0.05, 0) is 42.4 Å². The van der Waals surface area contributed by atoms with Crippen molar-refractivity contribution in [1.29, 1.82) is 0 Å². The molecule has 1 saturated carbocycles. The minimum atomic E-state index is -0.456. The van der Waals surface area contributed by atoms with Gasteiger partial charge in [0.1, 0.15) is 6.04 Å². The van der Waals surface area contributed by atoms with Crippen molar-refractivity contribution in [1.82, 2.24) is 20.9 Å². The number of benzene rings is 1. The van der Waals surface area contributed by atoms with Gasteiger partial charge in [-0.25, -0.2) is 0 Å². The lowest BCUT2D eigenvalue weighted by molar-refractivity contribution is -0.128. The number of carbonyl (C=O) groups excluding carboxylic acids is 3. The van der Waals surface area contributed by atoms with Gasteiger partial charge in [-0.1, -0.05) is 55.7 Å². The summed E-state index contributed by atoms with van der Waals surface area (Å²) in [7, 11) is 0. The van der Waals surface area contributed by atoms with Crippen molar-refractivity contribution in [2.45, 2.75) is 69.9 Å². The zero-order chi connectivity index (χ0) is 23.8. The maximum Gasteiger partial charge on any atom is 0.242 e.